The number of allylic oxidation sites excluding steroid dienone is 1. The van der Waals surface area contributed by atoms with Crippen molar-refractivity contribution in [3.8, 4) is 0 Å². The van der Waals surface area contributed by atoms with Crippen molar-refractivity contribution in [2.75, 3.05) is 19.6 Å². The lowest BCUT2D eigenvalue weighted by atomic mass is 10.1. The Morgan fingerprint density at radius 1 is 1.50 bits per heavy atom. The molecule has 68 valence electrons. The Bertz CT molecular complexity index is 180. The van der Waals surface area contributed by atoms with Crippen LogP contribution in [0.3, 0.4) is 0 Å². The number of hydrogen-bond acceptors (Lipinski definition) is 2. The van der Waals surface area contributed by atoms with Gasteiger partial charge in [0.1, 0.15) is 0 Å². The largest absolute Gasteiger partial charge is 0.300 e. The molecule has 0 aromatic rings. The van der Waals surface area contributed by atoms with E-state index in [2.05, 4.69) is 4.90 Å². The molecule has 1 rings (SSSR count). The Morgan fingerprint density at radius 3 is 2.58 bits per heavy atom. The van der Waals surface area contributed by atoms with Gasteiger partial charge in [-0.1, -0.05) is 19.9 Å². The summed E-state index contributed by atoms with van der Waals surface area (Å²) in [4.78, 5) is 13.4. The Balaban J connectivity index is 2.15. The minimum absolute atomic E-state index is 0.137. The third kappa shape index (κ3) is 2.78. The van der Waals surface area contributed by atoms with Gasteiger partial charge in [-0.3, -0.25) is 9.69 Å². The molecule has 0 saturated carbocycles. The summed E-state index contributed by atoms with van der Waals surface area (Å²) in [6.45, 7) is 7.19. The van der Waals surface area contributed by atoms with E-state index in [1.165, 1.54) is 19.5 Å². The summed E-state index contributed by atoms with van der Waals surface area (Å²) >= 11 is 0. The van der Waals surface area contributed by atoms with Crippen LogP contribution in [0.4, 0.5) is 0 Å². The number of ketones is 1. The summed E-state index contributed by atoms with van der Waals surface area (Å²) in [5.41, 5.74) is 0. The van der Waals surface area contributed by atoms with E-state index in [0.29, 0.717) is 0 Å². The van der Waals surface area contributed by atoms with Gasteiger partial charge < -0.3 is 0 Å². The van der Waals surface area contributed by atoms with Crippen LogP contribution in [-0.4, -0.2) is 30.3 Å². The third-order valence-corrected chi connectivity index (χ3v) is 2.16. The average Bonchev–Trinajstić information content (AvgIpc) is 1.93. The lowest BCUT2D eigenvalue weighted by Crippen LogP contribution is -2.37. The monoisotopic (exact) mass is 167 g/mol. The average molecular weight is 167 g/mol. The molecule has 12 heavy (non-hydrogen) atoms. The van der Waals surface area contributed by atoms with Gasteiger partial charge in [-0.2, -0.15) is 0 Å². The standard InChI is InChI=1S/C10H17NO/c1-9(2)10(12)5-3-6-11-7-4-8-11/h3,5,9H,4,6-8H2,1-2H3/b5-3+. The molecule has 0 aromatic heterocycles. The first-order chi connectivity index (χ1) is 5.70. The molecule has 2 nitrogen and oxygen atoms in total. The maximum Gasteiger partial charge on any atom is 0.157 e. The second kappa shape index (κ2) is 4.41. The van der Waals surface area contributed by atoms with E-state index in [4.69, 9.17) is 0 Å². The van der Waals surface area contributed by atoms with Crippen LogP contribution in [0, 0.1) is 5.92 Å². The van der Waals surface area contributed by atoms with Crippen LogP contribution in [-0.2, 0) is 4.79 Å². The van der Waals surface area contributed by atoms with Crippen molar-refractivity contribution < 1.29 is 4.79 Å². The number of hydrogen-bond donors (Lipinski definition) is 0. The molecule has 1 aliphatic heterocycles. The van der Waals surface area contributed by atoms with E-state index in [1.54, 1.807) is 6.08 Å². The lowest BCUT2D eigenvalue weighted by molar-refractivity contribution is -0.117. The summed E-state index contributed by atoms with van der Waals surface area (Å²) in [5, 5.41) is 0. The van der Waals surface area contributed by atoms with Crippen molar-refractivity contribution in [2.24, 2.45) is 5.92 Å². The fourth-order valence-corrected chi connectivity index (χ4v) is 1.07. The molecule has 1 heterocycles. The Kier molecular flexibility index (Phi) is 3.48. The topological polar surface area (TPSA) is 20.3 Å². The van der Waals surface area contributed by atoms with E-state index >= 15 is 0 Å². The zero-order valence-electron chi connectivity index (χ0n) is 7.92. The predicted octanol–water partition coefficient (Wildman–Crippen LogP) is 1.47. The van der Waals surface area contributed by atoms with E-state index in [1.807, 2.05) is 19.9 Å². The van der Waals surface area contributed by atoms with Gasteiger partial charge in [0.15, 0.2) is 5.78 Å². The minimum Gasteiger partial charge on any atom is -0.300 e. The zero-order chi connectivity index (χ0) is 8.97. The molecule has 0 bridgehead atoms. The first-order valence-electron chi connectivity index (χ1n) is 4.63. The molecular weight excluding hydrogens is 150 g/mol. The molecule has 2 heteroatoms. The summed E-state index contributed by atoms with van der Waals surface area (Å²) in [6.07, 6.45) is 5.00. The summed E-state index contributed by atoms with van der Waals surface area (Å²) in [5.74, 6) is 0.369. The second-order valence-electron chi connectivity index (χ2n) is 3.61. The van der Waals surface area contributed by atoms with Gasteiger partial charge in [-0.15, -0.1) is 0 Å². The minimum atomic E-state index is 0.137. The summed E-state index contributed by atoms with van der Waals surface area (Å²) < 4.78 is 0. The second-order valence-corrected chi connectivity index (χ2v) is 3.61. The van der Waals surface area contributed by atoms with Crippen LogP contribution in [0.15, 0.2) is 12.2 Å². The van der Waals surface area contributed by atoms with Gasteiger partial charge in [0.25, 0.3) is 0 Å². The summed E-state index contributed by atoms with van der Waals surface area (Å²) in [6, 6.07) is 0. The third-order valence-electron chi connectivity index (χ3n) is 2.16. The van der Waals surface area contributed by atoms with Gasteiger partial charge in [0.05, 0.1) is 0 Å². The van der Waals surface area contributed by atoms with E-state index < -0.39 is 0 Å². The zero-order valence-corrected chi connectivity index (χ0v) is 7.92. The van der Waals surface area contributed by atoms with Gasteiger partial charge in [0, 0.05) is 12.5 Å². The molecule has 0 atom stereocenters. The van der Waals surface area contributed by atoms with Crippen molar-refractivity contribution in [2.45, 2.75) is 20.3 Å². The maximum atomic E-state index is 11.1. The van der Waals surface area contributed by atoms with Crippen molar-refractivity contribution >= 4 is 5.78 Å². The van der Waals surface area contributed by atoms with Gasteiger partial charge in [-0.25, -0.2) is 0 Å². The van der Waals surface area contributed by atoms with Gasteiger partial charge >= 0.3 is 0 Å². The van der Waals surface area contributed by atoms with E-state index in [-0.39, 0.29) is 11.7 Å². The van der Waals surface area contributed by atoms with E-state index in [0.717, 1.165) is 6.54 Å². The van der Waals surface area contributed by atoms with Crippen molar-refractivity contribution in [1.29, 1.82) is 0 Å². The first kappa shape index (κ1) is 9.46. The molecule has 1 fully saturated rings. The molecule has 1 saturated heterocycles. The SMILES string of the molecule is CC(C)C(=O)/C=C/CN1CCC1. The highest BCUT2D eigenvalue weighted by Crippen LogP contribution is 2.04. The van der Waals surface area contributed by atoms with Crippen LogP contribution >= 0.6 is 0 Å². The highest BCUT2D eigenvalue weighted by molar-refractivity contribution is 5.91. The molecule has 0 unspecified atom stereocenters. The van der Waals surface area contributed by atoms with Crippen LogP contribution in [0.1, 0.15) is 20.3 Å². The molecule has 0 aromatic carbocycles. The van der Waals surface area contributed by atoms with Crippen molar-refractivity contribution in [1.82, 2.24) is 4.90 Å². The van der Waals surface area contributed by atoms with Crippen molar-refractivity contribution in [3.63, 3.8) is 0 Å². The number of rotatable bonds is 4. The number of carbonyl (C=O) groups excluding carboxylic acids is 1. The Morgan fingerprint density at radius 2 is 2.17 bits per heavy atom. The molecule has 0 aliphatic carbocycles. The lowest BCUT2D eigenvalue weighted by Gasteiger charge is -2.29. The molecule has 0 N–H and O–H groups in total. The molecular formula is C10H17NO. The van der Waals surface area contributed by atoms with Crippen LogP contribution in [0.5, 0.6) is 0 Å². The number of carbonyl (C=O) groups is 1. The molecule has 0 radical (unpaired) electrons. The van der Waals surface area contributed by atoms with E-state index in [9.17, 15) is 4.79 Å². The first-order valence-corrected chi connectivity index (χ1v) is 4.63. The normalized spacial score (nSPS) is 18.6. The molecule has 0 amide bonds. The Hall–Kier alpha value is -0.630. The van der Waals surface area contributed by atoms with Crippen LogP contribution < -0.4 is 0 Å². The highest BCUT2D eigenvalue weighted by atomic mass is 16.1. The van der Waals surface area contributed by atoms with Crippen LogP contribution in [0.2, 0.25) is 0 Å². The predicted molar refractivity (Wildman–Crippen MR) is 50.0 cm³/mol. The molecule has 1 aliphatic rings. The maximum absolute atomic E-state index is 11.1. The quantitative estimate of drug-likeness (QED) is 0.591. The fourth-order valence-electron chi connectivity index (χ4n) is 1.07. The van der Waals surface area contributed by atoms with Crippen molar-refractivity contribution in [3.05, 3.63) is 12.2 Å². The summed E-state index contributed by atoms with van der Waals surface area (Å²) in [7, 11) is 0. The van der Waals surface area contributed by atoms with Gasteiger partial charge in [0.2, 0.25) is 0 Å². The molecule has 0 spiro atoms. The fraction of sp³-hybridized carbons (Fsp3) is 0.700. The number of nitrogens with zero attached hydrogens (tertiary/aromatic N) is 1. The number of likely N-dealkylation sites (tertiary alicyclic amines) is 1. The van der Waals surface area contributed by atoms with Gasteiger partial charge in [-0.05, 0) is 25.6 Å². The highest BCUT2D eigenvalue weighted by Gasteiger charge is 2.11. The Labute approximate surface area is 74.2 Å². The smallest absolute Gasteiger partial charge is 0.157 e. The van der Waals surface area contributed by atoms with Crippen LogP contribution in [0.25, 0.3) is 0 Å².